The lowest BCUT2D eigenvalue weighted by molar-refractivity contribution is -0.137. The summed E-state index contributed by atoms with van der Waals surface area (Å²) in [5, 5.41) is 0.805. The number of rotatable bonds is 3. The molecule has 1 aliphatic heterocycles. The maximum atomic E-state index is 13.9. The van der Waals surface area contributed by atoms with Gasteiger partial charge in [0.1, 0.15) is 5.60 Å². The molecule has 0 saturated carbocycles. The first kappa shape index (κ1) is 23.2. The monoisotopic (exact) mass is 453 g/mol. The zero-order valence-corrected chi connectivity index (χ0v) is 18.8. The molecule has 3 rings (SSSR count). The lowest BCUT2D eigenvalue weighted by Crippen LogP contribution is -2.50. The van der Waals surface area contributed by atoms with Gasteiger partial charge in [-0.3, -0.25) is 0 Å². The fourth-order valence-corrected chi connectivity index (χ4v) is 3.71. The number of ether oxygens (including phenoxy) is 1. The number of halogens is 3. The molecular formula is C22H26F3N3O2S. The summed E-state index contributed by atoms with van der Waals surface area (Å²) in [6.45, 7) is 6.53. The molecule has 1 aromatic heterocycles. The Kier molecular flexibility index (Phi) is 6.73. The van der Waals surface area contributed by atoms with Crippen molar-refractivity contribution in [2.24, 2.45) is 0 Å². The van der Waals surface area contributed by atoms with Gasteiger partial charge < -0.3 is 14.5 Å². The fourth-order valence-electron chi connectivity index (χ4n) is 3.35. The highest BCUT2D eigenvalue weighted by Crippen LogP contribution is 2.39. The predicted octanol–water partition coefficient (Wildman–Crippen LogP) is 5.55. The summed E-state index contributed by atoms with van der Waals surface area (Å²) in [7, 11) is 0. The molecule has 0 unspecified atom stereocenters. The number of thioether (sulfide) groups is 1. The lowest BCUT2D eigenvalue weighted by atomic mass is 10.0. The van der Waals surface area contributed by atoms with Crippen LogP contribution in [0.2, 0.25) is 0 Å². The van der Waals surface area contributed by atoms with Crippen LogP contribution in [-0.4, -0.2) is 54.0 Å². The smallest absolute Gasteiger partial charge is 0.418 e. The van der Waals surface area contributed by atoms with E-state index in [4.69, 9.17) is 4.74 Å². The molecule has 1 saturated heterocycles. The lowest BCUT2D eigenvalue weighted by Gasteiger charge is -2.37. The summed E-state index contributed by atoms with van der Waals surface area (Å²) in [5.41, 5.74) is -0.0947. The van der Waals surface area contributed by atoms with Crippen LogP contribution in [0.15, 0.2) is 41.6 Å². The van der Waals surface area contributed by atoms with Crippen molar-refractivity contribution in [2.75, 3.05) is 37.3 Å². The molecule has 2 heterocycles. The van der Waals surface area contributed by atoms with Crippen molar-refractivity contribution < 1.29 is 22.7 Å². The number of anilines is 1. The van der Waals surface area contributed by atoms with Crippen molar-refractivity contribution in [3.05, 3.63) is 42.1 Å². The van der Waals surface area contributed by atoms with Crippen LogP contribution in [-0.2, 0) is 10.9 Å². The highest BCUT2D eigenvalue weighted by Gasteiger charge is 2.36. The first-order valence-corrected chi connectivity index (χ1v) is 11.1. The first-order chi connectivity index (χ1) is 14.5. The molecule has 2 aromatic rings. The van der Waals surface area contributed by atoms with Gasteiger partial charge >= 0.3 is 12.3 Å². The van der Waals surface area contributed by atoms with Gasteiger partial charge in [0.25, 0.3) is 0 Å². The molecule has 31 heavy (non-hydrogen) atoms. The fraction of sp³-hybridized carbons (Fsp3) is 0.455. The Labute approximate surface area is 184 Å². The first-order valence-electron chi connectivity index (χ1n) is 9.92. The van der Waals surface area contributed by atoms with E-state index in [1.54, 1.807) is 50.1 Å². The van der Waals surface area contributed by atoms with Crippen molar-refractivity contribution in [3.8, 4) is 11.1 Å². The van der Waals surface area contributed by atoms with Crippen LogP contribution in [0.5, 0.6) is 0 Å². The van der Waals surface area contributed by atoms with E-state index >= 15 is 0 Å². The van der Waals surface area contributed by atoms with Gasteiger partial charge in [-0.1, -0.05) is 12.1 Å². The van der Waals surface area contributed by atoms with Crippen molar-refractivity contribution in [1.29, 1.82) is 0 Å². The summed E-state index contributed by atoms with van der Waals surface area (Å²) in [6.07, 6.45) is -1.47. The van der Waals surface area contributed by atoms with Gasteiger partial charge in [-0.05, 0) is 50.8 Å². The molecular weight excluding hydrogens is 427 g/mol. The van der Waals surface area contributed by atoms with E-state index in [0.29, 0.717) is 37.3 Å². The third-order valence-corrected chi connectivity index (χ3v) is 5.51. The second-order valence-corrected chi connectivity index (χ2v) is 9.10. The summed E-state index contributed by atoms with van der Waals surface area (Å²) >= 11 is 1.47. The molecule has 5 nitrogen and oxygen atoms in total. The third-order valence-electron chi connectivity index (χ3n) is 4.85. The Morgan fingerprint density at radius 2 is 1.68 bits per heavy atom. The van der Waals surface area contributed by atoms with Crippen molar-refractivity contribution >= 4 is 23.5 Å². The summed E-state index contributed by atoms with van der Waals surface area (Å²) in [6, 6.07) is 7.92. The average molecular weight is 454 g/mol. The minimum atomic E-state index is -4.50. The highest BCUT2D eigenvalue weighted by atomic mass is 32.2. The predicted molar refractivity (Wildman–Crippen MR) is 116 cm³/mol. The second kappa shape index (κ2) is 8.98. The van der Waals surface area contributed by atoms with Gasteiger partial charge in [0.2, 0.25) is 0 Å². The van der Waals surface area contributed by atoms with Crippen molar-refractivity contribution in [1.82, 2.24) is 9.88 Å². The number of alkyl halides is 3. The van der Waals surface area contributed by atoms with E-state index in [0.717, 1.165) is 5.03 Å². The van der Waals surface area contributed by atoms with Gasteiger partial charge in [0, 0.05) is 43.6 Å². The number of aromatic nitrogens is 1. The van der Waals surface area contributed by atoms with Crippen LogP contribution in [0.25, 0.3) is 11.1 Å². The van der Waals surface area contributed by atoms with Gasteiger partial charge in [0.15, 0.2) is 0 Å². The maximum absolute atomic E-state index is 13.9. The van der Waals surface area contributed by atoms with Crippen LogP contribution in [0, 0.1) is 0 Å². The Hall–Kier alpha value is -2.42. The zero-order chi connectivity index (χ0) is 22.8. The Bertz CT molecular complexity index is 919. The van der Waals surface area contributed by atoms with E-state index in [1.807, 2.05) is 6.26 Å². The molecule has 1 aliphatic rings. The highest BCUT2D eigenvalue weighted by molar-refractivity contribution is 7.98. The van der Waals surface area contributed by atoms with E-state index in [9.17, 15) is 18.0 Å². The molecule has 0 atom stereocenters. The van der Waals surface area contributed by atoms with Crippen LogP contribution in [0.4, 0.5) is 23.7 Å². The molecule has 1 fully saturated rings. The van der Waals surface area contributed by atoms with Crippen LogP contribution >= 0.6 is 11.8 Å². The van der Waals surface area contributed by atoms with Crippen LogP contribution in [0.3, 0.4) is 0 Å². The quantitative estimate of drug-likeness (QED) is 0.571. The molecule has 1 aromatic carbocycles. The van der Waals surface area contributed by atoms with Crippen molar-refractivity contribution in [2.45, 2.75) is 37.6 Å². The number of hydrogen-bond acceptors (Lipinski definition) is 5. The normalized spacial score (nSPS) is 15.2. The average Bonchev–Trinajstić information content (AvgIpc) is 2.72. The van der Waals surface area contributed by atoms with Gasteiger partial charge in [0.05, 0.1) is 10.6 Å². The summed E-state index contributed by atoms with van der Waals surface area (Å²) in [4.78, 5) is 19.7. The molecule has 0 bridgehead atoms. The van der Waals surface area contributed by atoms with Crippen molar-refractivity contribution in [3.63, 3.8) is 0 Å². The van der Waals surface area contributed by atoms with Gasteiger partial charge in [-0.25, -0.2) is 9.78 Å². The van der Waals surface area contributed by atoms with E-state index in [1.165, 1.54) is 28.8 Å². The van der Waals surface area contributed by atoms with E-state index < -0.39 is 23.4 Å². The molecule has 1 amide bonds. The Balaban J connectivity index is 1.81. The number of carbonyl (C=O) groups is 1. The van der Waals surface area contributed by atoms with E-state index in [-0.39, 0.29) is 5.69 Å². The maximum Gasteiger partial charge on any atom is 0.418 e. The summed E-state index contributed by atoms with van der Waals surface area (Å²) < 4.78 is 47.0. The van der Waals surface area contributed by atoms with Crippen LogP contribution < -0.4 is 4.90 Å². The minimum absolute atomic E-state index is 0.119. The number of nitrogens with zero attached hydrogens (tertiary/aromatic N) is 3. The standard InChI is InChI=1S/C22H26F3N3O2S/c1-21(2,3)30-20(29)28-11-9-27(10-12-28)18-7-5-15(13-17(18)22(23,24)25)16-6-8-19(31-4)26-14-16/h5-8,13-14H,9-12H2,1-4H3. The topological polar surface area (TPSA) is 45.7 Å². The number of hydrogen-bond donors (Lipinski definition) is 0. The Morgan fingerprint density at radius 3 is 2.19 bits per heavy atom. The number of pyridine rings is 1. The van der Waals surface area contributed by atoms with E-state index in [2.05, 4.69) is 4.98 Å². The number of piperazine rings is 1. The largest absolute Gasteiger partial charge is 0.444 e. The molecule has 0 spiro atoms. The van der Waals surface area contributed by atoms with Gasteiger partial charge in [-0.2, -0.15) is 13.2 Å². The Morgan fingerprint density at radius 1 is 1.03 bits per heavy atom. The van der Waals surface area contributed by atoms with Gasteiger partial charge in [-0.15, -0.1) is 11.8 Å². The summed E-state index contributed by atoms with van der Waals surface area (Å²) in [5.74, 6) is 0. The minimum Gasteiger partial charge on any atom is -0.444 e. The molecule has 9 heteroatoms. The van der Waals surface area contributed by atoms with Crippen LogP contribution in [0.1, 0.15) is 26.3 Å². The number of benzene rings is 1. The number of amides is 1. The zero-order valence-electron chi connectivity index (χ0n) is 18.0. The molecule has 0 N–H and O–H groups in total. The molecule has 0 aliphatic carbocycles. The third kappa shape index (κ3) is 5.84. The second-order valence-electron chi connectivity index (χ2n) is 8.27. The SMILES string of the molecule is CSc1ccc(-c2ccc(N3CCN(C(=O)OC(C)(C)C)CC3)c(C(F)(F)F)c2)cn1. The molecule has 168 valence electrons. The molecule has 0 radical (unpaired) electrons. The number of carbonyl (C=O) groups excluding carboxylic acids is 1.